The number of anilines is 1. The van der Waals surface area contributed by atoms with Crippen molar-refractivity contribution in [3.63, 3.8) is 0 Å². The Balaban J connectivity index is 1.18. The van der Waals surface area contributed by atoms with Gasteiger partial charge in [0.1, 0.15) is 5.60 Å². The topological polar surface area (TPSA) is 70.5 Å². The van der Waals surface area contributed by atoms with E-state index < -0.39 is 5.60 Å². The average molecular weight is 318 g/mol. The molecule has 126 valence electrons. The van der Waals surface area contributed by atoms with E-state index in [1.807, 2.05) is 0 Å². The molecule has 1 aromatic rings. The summed E-state index contributed by atoms with van der Waals surface area (Å²) >= 11 is 0. The minimum absolute atomic E-state index is 0.458. The third-order valence-corrected chi connectivity index (χ3v) is 5.14. The highest BCUT2D eigenvalue weighted by Crippen LogP contribution is 2.38. The monoisotopic (exact) mass is 318 g/mol. The Labute approximate surface area is 137 Å². The molecule has 3 aliphatic rings. The van der Waals surface area contributed by atoms with Crippen molar-refractivity contribution in [3.8, 4) is 0 Å². The van der Waals surface area contributed by atoms with Gasteiger partial charge < -0.3 is 20.1 Å². The summed E-state index contributed by atoms with van der Waals surface area (Å²) in [5.41, 5.74) is 0.474. The van der Waals surface area contributed by atoms with Gasteiger partial charge in [0, 0.05) is 44.6 Å². The van der Waals surface area contributed by atoms with E-state index in [4.69, 9.17) is 4.74 Å². The molecule has 23 heavy (non-hydrogen) atoms. The van der Waals surface area contributed by atoms with Crippen LogP contribution in [-0.2, 0) is 4.74 Å². The lowest BCUT2D eigenvalue weighted by Gasteiger charge is -2.40. The van der Waals surface area contributed by atoms with Crippen LogP contribution < -0.4 is 10.2 Å². The van der Waals surface area contributed by atoms with Crippen molar-refractivity contribution in [2.24, 2.45) is 5.92 Å². The Morgan fingerprint density at radius 1 is 1.30 bits per heavy atom. The van der Waals surface area contributed by atoms with Crippen molar-refractivity contribution < 1.29 is 9.84 Å². The molecule has 1 aliphatic carbocycles. The molecule has 0 aromatic carbocycles. The molecule has 2 aliphatic heterocycles. The SMILES string of the molecule is OC1(CNCC2CN(c3ccc(C4CC4)nn3)C2)CCCOC1. The number of rotatable bonds is 6. The molecule has 3 fully saturated rings. The minimum Gasteiger partial charge on any atom is -0.386 e. The second-order valence-electron chi connectivity index (χ2n) is 7.37. The van der Waals surface area contributed by atoms with Crippen LogP contribution in [0.5, 0.6) is 0 Å². The zero-order valence-electron chi connectivity index (χ0n) is 13.6. The van der Waals surface area contributed by atoms with Crippen LogP contribution in [0.25, 0.3) is 0 Å². The first-order chi connectivity index (χ1) is 11.2. The van der Waals surface area contributed by atoms with Crippen molar-refractivity contribution in [1.82, 2.24) is 15.5 Å². The molecule has 1 aromatic heterocycles. The predicted octanol–water partition coefficient (Wildman–Crippen LogP) is 0.921. The van der Waals surface area contributed by atoms with Gasteiger partial charge in [-0.05, 0) is 37.8 Å². The molecule has 0 radical (unpaired) electrons. The number of hydrogen-bond acceptors (Lipinski definition) is 6. The minimum atomic E-state index is -0.675. The van der Waals surface area contributed by atoms with E-state index >= 15 is 0 Å². The number of nitrogens with zero attached hydrogens (tertiary/aromatic N) is 3. The van der Waals surface area contributed by atoms with E-state index in [2.05, 4.69) is 32.5 Å². The number of nitrogens with one attached hydrogen (secondary N) is 1. The Morgan fingerprint density at radius 3 is 2.83 bits per heavy atom. The van der Waals surface area contributed by atoms with Crippen molar-refractivity contribution >= 4 is 5.82 Å². The molecule has 6 nitrogen and oxygen atoms in total. The summed E-state index contributed by atoms with van der Waals surface area (Å²) in [5, 5.41) is 22.5. The second-order valence-corrected chi connectivity index (χ2v) is 7.37. The highest BCUT2D eigenvalue weighted by atomic mass is 16.5. The normalized spacial score (nSPS) is 28.7. The van der Waals surface area contributed by atoms with Crippen LogP contribution in [-0.4, -0.2) is 60.3 Å². The lowest BCUT2D eigenvalue weighted by Crippen LogP contribution is -2.54. The summed E-state index contributed by atoms with van der Waals surface area (Å²) in [6.07, 6.45) is 4.32. The van der Waals surface area contributed by atoms with Crippen molar-refractivity contribution in [3.05, 3.63) is 17.8 Å². The number of aromatic nitrogens is 2. The van der Waals surface area contributed by atoms with E-state index in [0.29, 0.717) is 25.0 Å². The lowest BCUT2D eigenvalue weighted by atomic mass is 9.95. The molecular weight excluding hydrogens is 292 g/mol. The van der Waals surface area contributed by atoms with Gasteiger partial charge in [0.15, 0.2) is 5.82 Å². The largest absolute Gasteiger partial charge is 0.386 e. The summed E-state index contributed by atoms with van der Waals surface area (Å²) in [4.78, 5) is 2.27. The third kappa shape index (κ3) is 3.65. The Morgan fingerprint density at radius 2 is 2.17 bits per heavy atom. The van der Waals surface area contributed by atoms with Gasteiger partial charge in [-0.2, -0.15) is 5.10 Å². The van der Waals surface area contributed by atoms with Crippen LogP contribution in [0, 0.1) is 5.92 Å². The standard InChI is InChI=1S/C17H26N4O2/c22-17(6-1-7-23-12-17)11-18-8-13-9-21(10-13)16-5-4-15(19-20-16)14-2-3-14/h4-5,13-14,18,22H,1-3,6-12H2. The first-order valence-electron chi connectivity index (χ1n) is 8.81. The third-order valence-electron chi connectivity index (χ3n) is 5.14. The zero-order valence-corrected chi connectivity index (χ0v) is 13.6. The van der Waals surface area contributed by atoms with Crippen molar-refractivity contribution in [2.45, 2.75) is 37.2 Å². The van der Waals surface area contributed by atoms with Crippen LogP contribution in [0.4, 0.5) is 5.82 Å². The maximum absolute atomic E-state index is 10.4. The summed E-state index contributed by atoms with van der Waals surface area (Å²) in [6, 6.07) is 4.23. The van der Waals surface area contributed by atoms with Gasteiger partial charge in [0.05, 0.1) is 12.3 Å². The molecule has 1 saturated carbocycles. The van der Waals surface area contributed by atoms with Gasteiger partial charge in [-0.15, -0.1) is 5.10 Å². The predicted molar refractivity (Wildman–Crippen MR) is 87.6 cm³/mol. The van der Waals surface area contributed by atoms with Gasteiger partial charge in [-0.3, -0.25) is 0 Å². The van der Waals surface area contributed by atoms with Gasteiger partial charge in [0.25, 0.3) is 0 Å². The van der Waals surface area contributed by atoms with Crippen LogP contribution >= 0.6 is 0 Å². The summed E-state index contributed by atoms with van der Waals surface area (Å²) in [5.74, 6) is 2.28. The fourth-order valence-electron chi connectivity index (χ4n) is 3.47. The first kappa shape index (κ1) is 15.3. The molecule has 2 saturated heterocycles. The van der Waals surface area contributed by atoms with Crippen LogP contribution in [0.15, 0.2) is 12.1 Å². The number of aliphatic hydroxyl groups is 1. The molecule has 2 N–H and O–H groups in total. The molecule has 6 heteroatoms. The fourth-order valence-corrected chi connectivity index (χ4v) is 3.47. The summed E-state index contributed by atoms with van der Waals surface area (Å²) < 4.78 is 5.38. The van der Waals surface area contributed by atoms with E-state index in [1.54, 1.807) is 0 Å². The van der Waals surface area contributed by atoms with E-state index in [-0.39, 0.29) is 0 Å². The summed E-state index contributed by atoms with van der Waals surface area (Å²) in [6.45, 7) is 4.82. The highest BCUT2D eigenvalue weighted by Gasteiger charge is 2.32. The maximum atomic E-state index is 10.4. The van der Waals surface area contributed by atoms with Gasteiger partial charge in [-0.1, -0.05) is 0 Å². The molecule has 0 amide bonds. The molecule has 1 atom stereocenters. The average Bonchev–Trinajstić information content (AvgIpc) is 3.35. The molecule has 3 heterocycles. The number of ether oxygens (including phenoxy) is 1. The fraction of sp³-hybridized carbons (Fsp3) is 0.765. The smallest absolute Gasteiger partial charge is 0.151 e. The first-order valence-corrected chi connectivity index (χ1v) is 8.81. The van der Waals surface area contributed by atoms with Crippen molar-refractivity contribution in [2.75, 3.05) is 44.3 Å². The van der Waals surface area contributed by atoms with Gasteiger partial charge in [0.2, 0.25) is 0 Å². The Hall–Kier alpha value is -1.24. The Bertz CT molecular complexity index is 520. The maximum Gasteiger partial charge on any atom is 0.151 e. The second kappa shape index (κ2) is 6.34. The quantitative estimate of drug-likeness (QED) is 0.813. The van der Waals surface area contributed by atoms with Crippen LogP contribution in [0.1, 0.15) is 37.3 Å². The molecule has 0 spiro atoms. The molecule has 0 bridgehead atoms. The summed E-state index contributed by atoms with van der Waals surface area (Å²) in [7, 11) is 0. The van der Waals surface area contributed by atoms with E-state index in [9.17, 15) is 5.11 Å². The van der Waals surface area contributed by atoms with Gasteiger partial charge >= 0.3 is 0 Å². The number of hydrogen-bond donors (Lipinski definition) is 2. The lowest BCUT2D eigenvalue weighted by molar-refractivity contribution is -0.0835. The van der Waals surface area contributed by atoms with Crippen molar-refractivity contribution in [1.29, 1.82) is 0 Å². The molecular formula is C17H26N4O2. The molecule has 1 unspecified atom stereocenters. The van der Waals surface area contributed by atoms with E-state index in [1.165, 1.54) is 12.8 Å². The van der Waals surface area contributed by atoms with Gasteiger partial charge in [-0.25, -0.2) is 0 Å². The zero-order chi connectivity index (χ0) is 15.7. The van der Waals surface area contributed by atoms with Crippen LogP contribution in [0.2, 0.25) is 0 Å². The molecule has 4 rings (SSSR count). The highest BCUT2D eigenvalue weighted by molar-refractivity contribution is 5.41. The van der Waals surface area contributed by atoms with Crippen LogP contribution in [0.3, 0.4) is 0 Å². The Kier molecular flexibility index (Phi) is 4.22. The van der Waals surface area contributed by atoms with E-state index in [0.717, 1.165) is 50.6 Å².